The number of rotatable bonds is 5. The Balaban J connectivity index is 2.41. The van der Waals surface area contributed by atoms with Crippen LogP contribution in [0.4, 0.5) is 11.4 Å². The maximum atomic E-state index is 12.7. The fourth-order valence-electron chi connectivity index (χ4n) is 2.58. The first-order valence-electron chi connectivity index (χ1n) is 7.84. The fraction of sp³-hybridized carbons (Fsp3) is 0.278. The molecular weight excluding hydrogens is 395 g/mol. The Kier molecular flexibility index (Phi) is 6.21. The van der Waals surface area contributed by atoms with E-state index in [-0.39, 0.29) is 0 Å². The summed E-state index contributed by atoms with van der Waals surface area (Å²) in [4.78, 5) is 12.7. The van der Waals surface area contributed by atoms with Gasteiger partial charge in [-0.15, -0.1) is 0 Å². The van der Waals surface area contributed by atoms with Crippen LogP contribution in [-0.2, 0) is 14.8 Å². The molecule has 0 bridgehead atoms. The molecule has 2 aromatic rings. The van der Waals surface area contributed by atoms with Crippen LogP contribution in [-0.4, -0.2) is 26.6 Å². The Labute approximate surface area is 164 Å². The molecule has 0 radical (unpaired) electrons. The second kappa shape index (κ2) is 7.86. The first-order chi connectivity index (χ1) is 12.0. The molecule has 1 amide bonds. The van der Waals surface area contributed by atoms with Crippen LogP contribution >= 0.6 is 23.2 Å². The van der Waals surface area contributed by atoms with Crippen LogP contribution in [0.25, 0.3) is 0 Å². The SMILES string of the molecule is Cc1ccc(Cl)cc1N([C@@H](C)C(=O)Nc1cccc(Cl)c1C)S(C)(=O)=O. The normalized spacial score (nSPS) is 12.5. The van der Waals surface area contributed by atoms with Crippen molar-refractivity contribution in [3.8, 4) is 0 Å². The van der Waals surface area contributed by atoms with Crippen molar-refractivity contribution >= 4 is 50.5 Å². The van der Waals surface area contributed by atoms with Gasteiger partial charge in [-0.3, -0.25) is 9.10 Å². The zero-order valence-electron chi connectivity index (χ0n) is 14.9. The predicted molar refractivity (Wildman–Crippen MR) is 108 cm³/mol. The third kappa shape index (κ3) is 4.50. The second-order valence-electron chi connectivity index (χ2n) is 6.07. The van der Waals surface area contributed by atoms with Crippen LogP contribution < -0.4 is 9.62 Å². The third-order valence-electron chi connectivity index (χ3n) is 4.02. The van der Waals surface area contributed by atoms with Gasteiger partial charge in [-0.25, -0.2) is 8.42 Å². The Morgan fingerprint density at radius 2 is 1.81 bits per heavy atom. The minimum atomic E-state index is -3.72. The average molecular weight is 415 g/mol. The number of halogens is 2. The highest BCUT2D eigenvalue weighted by molar-refractivity contribution is 7.92. The van der Waals surface area contributed by atoms with Crippen LogP contribution in [0.3, 0.4) is 0 Å². The van der Waals surface area contributed by atoms with E-state index in [4.69, 9.17) is 23.2 Å². The number of hydrogen-bond acceptors (Lipinski definition) is 3. The molecule has 8 heteroatoms. The molecule has 0 saturated heterocycles. The van der Waals surface area contributed by atoms with Crippen LogP contribution in [0.2, 0.25) is 10.0 Å². The molecule has 0 aliphatic carbocycles. The van der Waals surface area contributed by atoms with E-state index in [1.165, 1.54) is 13.0 Å². The Hall–Kier alpha value is -1.76. The summed E-state index contributed by atoms with van der Waals surface area (Å²) in [5, 5.41) is 3.65. The summed E-state index contributed by atoms with van der Waals surface area (Å²) in [6, 6.07) is 9.07. The molecule has 0 heterocycles. The molecule has 2 rings (SSSR count). The minimum absolute atomic E-state index is 0.366. The van der Waals surface area contributed by atoms with Gasteiger partial charge in [0.1, 0.15) is 6.04 Å². The van der Waals surface area contributed by atoms with Gasteiger partial charge < -0.3 is 5.32 Å². The maximum absolute atomic E-state index is 12.7. The number of carbonyl (C=O) groups excluding carboxylic acids is 1. The number of nitrogens with zero attached hydrogens (tertiary/aromatic N) is 1. The highest BCUT2D eigenvalue weighted by atomic mass is 35.5. The van der Waals surface area contributed by atoms with Gasteiger partial charge in [0.25, 0.3) is 0 Å². The molecule has 2 aromatic carbocycles. The van der Waals surface area contributed by atoms with Crippen LogP contribution in [0, 0.1) is 13.8 Å². The van der Waals surface area contributed by atoms with Gasteiger partial charge in [-0.1, -0.05) is 35.3 Å². The number of aryl methyl sites for hydroxylation is 1. The molecule has 0 saturated carbocycles. The summed E-state index contributed by atoms with van der Waals surface area (Å²) in [6.45, 7) is 5.06. The van der Waals surface area contributed by atoms with Crippen LogP contribution in [0.15, 0.2) is 36.4 Å². The summed E-state index contributed by atoms with van der Waals surface area (Å²) in [6.07, 6.45) is 1.06. The number of amides is 1. The minimum Gasteiger partial charge on any atom is -0.324 e. The molecule has 1 N–H and O–H groups in total. The molecule has 0 unspecified atom stereocenters. The van der Waals surface area contributed by atoms with Crippen molar-refractivity contribution in [1.29, 1.82) is 0 Å². The van der Waals surface area contributed by atoms with Crippen LogP contribution in [0.5, 0.6) is 0 Å². The maximum Gasteiger partial charge on any atom is 0.248 e. The zero-order chi connectivity index (χ0) is 19.6. The average Bonchev–Trinajstić information content (AvgIpc) is 2.54. The molecule has 1 atom stereocenters. The first-order valence-corrected chi connectivity index (χ1v) is 10.4. The van der Waals surface area contributed by atoms with E-state index in [1.54, 1.807) is 44.2 Å². The lowest BCUT2D eigenvalue weighted by atomic mass is 10.1. The molecule has 140 valence electrons. The van der Waals surface area contributed by atoms with Crippen molar-refractivity contribution in [3.63, 3.8) is 0 Å². The smallest absolute Gasteiger partial charge is 0.248 e. The summed E-state index contributed by atoms with van der Waals surface area (Å²) < 4.78 is 25.9. The Bertz CT molecular complexity index is 945. The van der Waals surface area contributed by atoms with E-state index < -0.39 is 22.0 Å². The van der Waals surface area contributed by atoms with E-state index in [0.717, 1.165) is 10.6 Å². The van der Waals surface area contributed by atoms with E-state index in [9.17, 15) is 13.2 Å². The summed E-state index contributed by atoms with van der Waals surface area (Å²) in [7, 11) is -3.72. The van der Waals surface area contributed by atoms with Crippen molar-refractivity contribution in [2.75, 3.05) is 15.9 Å². The van der Waals surface area contributed by atoms with E-state index in [2.05, 4.69) is 5.32 Å². The van der Waals surface area contributed by atoms with Gasteiger partial charge in [0.15, 0.2) is 0 Å². The summed E-state index contributed by atoms with van der Waals surface area (Å²) in [5.74, 6) is -0.472. The lowest BCUT2D eigenvalue weighted by Crippen LogP contribution is -2.45. The lowest BCUT2D eigenvalue weighted by molar-refractivity contribution is -0.116. The first kappa shape index (κ1) is 20.6. The topological polar surface area (TPSA) is 66.5 Å². The van der Waals surface area contributed by atoms with E-state index in [1.807, 2.05) is 0 Å². The molecule has 5 nitrogen and oxygen atoms in total. The van der Waals surface area contributed by atoms with Gasteiger partial charge in [0.05, 0.1) is 11.9 Å². The number of carbonyl (C=O) groups is 1. The standard InChI is InChI=1S/C18H20Cl2N2O3S/c1-11-8-9-14(19)10-17(11)22(26(4,24)25)13(3)18(23)21-16-7-5-6-15(20)12(16)2/h5-10,13H,1-4H3,(H,21,23)/t13-/m0/s1. The Morgan fingerprint density at radius 3 is 2.42 bits per heavy atom. The second-order valence-corrected chi connectivity index (χ2v) is 8.77. The third-order valence-corrected chi connectivity index (χ3v) is 5.89. The highest BCUT2D eigenvalue weighted by Gasteiger charge is 2.30. The highest BCUT2D eigenvalue weighted by Crippen LogP contribution is 2.29. The van der Waals surface area contributed by atoms with Crippen LogP contribution in [0.1, 0.15) is 18.1 Å². The van der Waals surface area contributed by atoms with Crippen molar-refractivity contribution in [2.24, 2.45) is 0 Å². The number of hydrogen-bond donors (Lipinski definition) is 1. The fourth-order valence-corrected chi connectivity index (χ4v) is 4.15. The van der Waals surface area contributed by atoms with Gasteiger partial charge >= 0.3 is 0 Å². The summed E-state index contributed by atoms with van der Waals surface area (Å²) in [5.41, 5.74) is 2.30. The zero-order valence-corrected chi connectivity index (χ0v) is 17.2. The molecule has 0 aromatic heterocycles. The van der Waals surface area contributed by atoms with Gasteiger partial charge in [0, 0.05) is 15.7 Å². The van der Waals surface area contributed by atoms with Crippen molar-refractivity contribution in [1.82, 2.24) is 0 Å². The number of nitrogens with one attached hydrogen (secondary N) is 1. The quantitative estimate of drug-likeness (QED) is 0.787. The van der Waals surface area contributed by atoms with E-state index >= 15 is 0 Å². The van der Waals surface area contributed by atoms with Crippen molar-refractivity contribution < 1.29 is 13.2 Å². The predicted octanol–water partition coefficient (Wildman–Crippen LogP) is 4.40. The monoisotopic (exact) mass is 414 g/mol. The van der Waals surface area contributed by atoms with Gasteiger partial charge in [-0.05, 0) is 56.2 Å². The molecule has 0 aliphatic rings. The molecule has 26 heavy (non-hydrogen) atoms. The van der Waals surface area contributed by atoms with Gasteiger partial charge in [0.2, 0.25) is 15.9 Å². The molecule has 0 fully saturated rings. The van der Waals surface area contributed by atoms with Crippen molar-refractivity contribution in [2.45, 2.75) is 26.8 Å². The largest absolute Gasteiger partial charge is 0.324 e. The van der Waals surface area contributed by atoms with E-state index in [0.29, 0.717) is 32.5 Å². The molecular formula is C18H20Cl2N2O3S. The number of anilines is 2. The number of sulfonamides is 1. The Morgan fingerprint density at radius 1 is 1.15 bits per heavy atom. The van der Waals surface area contributed by atoms with Gasteiger partial charge in [-0.2, -0.15) is 0 Å². The summed E-state index contributed by atoms with van der Waals surface area (Å²) >= 11 is 12.1. The number of benzene rings is 2. The van der Waals surface area contributed by atoms with Crippen molar-refractivity contribution in [3.05, 3.63) is 57.6 Å². The molecule has 0 aliphatic heterocycles. The molecule has 0 spiro atoms. The lowest BCUT2D eigenvalue weighted by Gasteiger charge is -2.29.